The summed E-state index contributed by atoms with van der Waals surface area (Å²) in [5.74, 6) is -0.166. The van der Waals surface area contributed by atoms with E-state index in [0.29, 0.717) is 0 Å². The minimum atomic E-state index is -0.166. The topological polar surface area (TPSA) is 46.9 Å². The number of hydrogen-bond acceptors (Lipinski definition) is 2. The van der Waals surface area contributed by atoms with Crippen molar-refractivity contribution in [3.8, 4) is 0 Å². The molecule has 1 aromatic carbocycles. The normalized spacial score (nSPS) is 10.8. The Hall–Kier alpha value is -1.88. The highest BCUT2D eigenvalue weighted by Gasteiger charge is 1.98. The van der Waals surface area contributed by atoms with Gasteiger partial charge in [-0.3, -0.25) is 9.48 Å². The van der Waals surface area contributed by atoms with Crippen molar-refractivity contribution in [3.05, 3.63) is 52.8 Å². The van der Waals surface area contributed by atoms with Crippen LogP contribution >= 0.6 is 15.9 Å². The molecule has 0 bridgehead atoms. The van der Waals surface area contributed by atoms with Crippen molar-refractivity contribution >= 4 is 33.6 Å². The van der Waals surface area contributed by atoms with E-state index >= 15 is 0 Å². The third-order valence-electron chi connectivity index (χ3n) is 2.26. The molecule has 0 radical (unpaired) electrons. The molecule has 0 saturated carbocycles. The van der Waals surface area contributed by atoms with Crippen LogP contribution in [-0.4, -0.2) is 15.7 Å². The summed E-state index contributed by atoms with van der Waals surface area (Å²) >= 11 is 3.34. The minimum Gasteiger partial charge on any atom is -0.323 e. The fourth-order valence-electron chi connectivity index (χ4n) is 1.42. The van der Waals surface area contributed by atoms with Crippen LogP contribution in [0.15, 0.2) is 47.2 Å². The van der Waals surface area contributed by atoms with E-state index in [1.54, 1.807) is 17.0 Å². The van der Waals surface area contributed by atoms with Crippen LogP contribution in [0.2, 0.25) is 0 Å². The second-order valence-electron chi connectivity index (χ2n) is 3.78. The number of carbonyl (C=O) groups is 1. The van der Waals surface area contributed by atoms with Gasteiger partial charge in [0.1, 0.15) is 0 Å². The van der Waals surface area contributed by atoms with Gasteiger partial charge in [0.25, 0.3) is 0 Å². The van der Waals surface area contributed by atoms with Crippen molar-refractivity contribution in [2.24, 2.45) is 7.05 Å². The summed E-state index contributed by atoms with van der Waals surface area (Å²) in [5, 5.41) is 6.79. The number of hydrogen-bond donors (Lipinski definition) is 1. The van der Waals surface area contributed by atoms with Gasteiger partial charge in [-0.2, -0.15) is 5.10 Å². The van der Waals surface area contributed by atoms with Crippen LogP contribution in [0.3, 0.4) is 0 Å². The highest BCUT2D eigenvalue weighted by molar-refractivity contribution is 9.10. The number of halogens is 1. The highest BCUT2D eigenvalue weighted by atomic mass is 79.9. The van der Waals surface area contributed by atoms with Crippen LogP contribution in [0.4, 0.5) is 5.69 Å². The Kier molecular flexibility index (Phi) is 3.94. The van der Waals surface area contributed by atoms with Crippen LogP contribution in [0.5, 0.6) is 0 Å². The standard InChI is InChI=1S/C13H12BrN3O/c1-17-9-10(8-15-17)2-7-13(18)16-12-5-3-11(14)4-6-12/h2-9H,1H3,(H,16,18)/b7-2+. The molecule has 2 aromatic rings. The van der Waals surface area contributed by atoms with Gasteiger partial charge in [-0.1, -0.05) is 15.9 Å². The van der Waals surface area contributed by atoms with Gasteiger partial charge in [-0.25, -0.2) is 0 Å². The molecule has 0 unspecified atom stereocenters. The van der Waals surface area contributed by atoms with Gasteiger partial charge in [0.15, 0.2) is 0 Å². The first kappa shape index (κ1) is 12.6. The van der Waals surface area contributed by atoms with Crippen molar-refractivity contribution in [1.29, 1.82) is 0 Å². The number of aromatic nitrogens is 2. The molecule has 0 aliphatic rings. The SMILES string of the molecule is Cn1cc(/C=C/C(=O)Nc2ccc(Br)cc2)cn1. The van der Waals surface area contributed by atoms with E-state index in [1.165, 1.54) is 6.08 Å². The first-order valence-corrected chi connectivity index (χ1v) is 6.16. The summed E-state index contributed by atoms with van der Waals surface area (Å²) in [6.07, 6.45) is 6.74. The fraction of sp³-hybridized carbons (Fsp3) is 0.0769. The van der Waals surface area contributed by atoms with Crippen molar-refractivity contribution < 1.29 is 4.79 Å². The van der Waals surface area contributed by atoms with Crippen LogP contribution in [0, 0.1) is 0 Å². The molecule has 0 atom stereocenters. The van der Waals surface area contributed by atoms with Crippen LogP contribution in [-0.2, 0) is 11.8 Å². The molecule has 1 aromatic heterocycles. The zero-order chi connectivity index (χ0) is 13.0. The molecule has 0 saturated heterocycles. The summed E-state index contributed by atoms with van der Waals surface area (Å²) in [6, 6.07) is 7.42. The molecule has 0 aliphatic heterocycles. The molecule has 0 spiro atoms. The van der Waals surface area contributed by atoms with Gasteiger partial charge < -0.3 is 5.32 Å². The molecular weight excluding hydrogens is 294 g/mol. The number of carbonyl (C=O) groups excluding carboxylic acids is 1. The van der Waals surface area contributed by atoms with Gasteiger partial charge in [-0.05, 0) is 30.3 Å². The fourth-order valence-corrected chi connectivity index (χ4v) is 1.68. The van der Waals surface area contributed by atoms with E-state index in [9.17, 15) is 4.79 Å². The summed E-state index contributed by atoms with van der Waals surface area (Å²) in [4.78, 5) is 11.6. The maximum atomic E-state index is 11.6. The molecule has 1 amide bonds. The van der Waals surface area contributed by atoms with Crippen LogP contribution in [0.1, 0.15) is 5.56 Å². The smallest absolute Gasteiger partial charge is 0.248 e. The Bertz CT molecular complexity index is 572. The average molecular weight is 306 g/mol. The zero-order valence-electron chi connectivity index (χ0n) is 9.80. The van der Waals surface area contributed by atoms with Gasteiger partial charge in [0.2, 0.25) is 5.91 Å². The highest BCUT2D eigenvalue weighted by Crippen LogP contribution is 2.14. The van der Waals surface area contributed by atoms with Crippen LogP contribution < -0.4 is 5.32 Å². The maximum Gasteiger partial charge on any atom is 0.248 e. The van der Waals surface area contributed by atoms with E-state index in [1.807, 2.05) is 37.5 Å². The third-order valence-corrected chi connectivity index (χ3v) is 2.79. The molecule has 0 fully saturated rings. The van der Waals surface area contributed by atoms with E-state index in [2.05, 4.69) is 26.3 Å². The number of nitrogens with one attached hydrogen (secondary N) is 1. The van der Waals surface area contributed by atoms with Gasteiger partial charge in [0.05, 0.1) is 6.20 Å². The molecule has 2 rings (SSSR count). The third kappa shape index (κ3) is 3.56. The van der Waals surface area contributed by atoms with Crippen molar-refractivity contribution in [2.75, 3.05) is 5.32 Å². The van der Waals surface area contributed by atoms with Crippen LogP contribution in [0.25, 0.3) is 6.08 Å². The van der Waals surface area contributed by atoms with Gasteiger partial charge >= 0.3 is 0 Å². The lowest BCUT2D eigenvalue weighted by Crippen LogP contribution is -2.07. The van der Waals surface area contributed by atoms with Gasteiger partial charge in [0, 0.05) is 35.0 Å². The molecule has 4 nitrogen and oxygen atoms in total. The predicted octanol–water partition coefficient (Wildman–Crippen LogP) is 2.83. The molecule has 1 heterocycles. The number of amides is 1. The predicted molar refractivity (Wildman–Crippen MR) is 75.0 cm³/mol. The average Bonchev–Trinajstić information content (AvgIpc) is 2.76. The van der Waals surface area contributed by atoms with Crippen molar-refractivity contribution in [3.63, 3.8) is 0 Å². The summed E-state index contributed by atoms with van der Waals surface area (Å²) in [6.45, 7) is 0. The number of anilines is 1. The molecule has 92 valence electrons. The second kappa shape index (κ2) is 5.64. The second-order valence-corrected chi connectivity index (χ2v) is 4.69. The van der Waals surface area contributed by atoms with E-state index in [0.717, 1.165) is 15.7 Å². The van der Waals surface area contributed by atoms with E-state index in [-0.39, 0.29) is 5.91 Å². The number of nitrogens with zero attached hydrogens (tertiary/aromatic N) is 2. The van der Waals surface area contributed by atoms with Crippen molar-refractivity contribution in [2.45, 2.75) is 0 Å². The molecule has 18 heavy (non-hydrogen) atoms. The molecule has 0 aliphatic carbocycles. The first-order chi connectivity index (χ1) is 8.63. The van der Waals surface area contributed by atoms with E-state index in [4.69, 9.17) is 0 Å². The lowest BCUT2D eigenvalue weighted by Gasteiger charge is -2.01. The van der Waals surface area contributed by atoms with Crippen molar-refractivity contribution in [1.82, 2.24) is 9.78 Å². The lowest BCUT2D eigenvalue weighted by atomic mass is 10.3. The largest absolute Gasteiger partial charge is 0.323 e. The Balaban J connectivity index is 1.96. The Morgan fingerprint density at radius 1 is 1.39 bits per heavy atom. The number of rotatable bonds is 3. The Morgan fingerprint density at radius 2 is 2.11 bits per heavy atom. The van der Waals surface area contributed by atoms with Gasteiger partial charge in [-0.15, -0.1) is 0 Å². The quantitative estimate of drug-likeness (QED) is 0.886. The summed E-state index contributed by atoms with van der Waals surface area (Å²) < 4.78 is 2.66. The Labute approximate surface area is 113 Å². The zero-order valence-corrected chi connectivity index (χ0v) is 11.4. The lowest BCUT2D eigenvalue weighted by molar-refractivity contribution is -0.111. The number of benzene rings is 1. The van der Waals surface area contributed by atoms with E-state index < -0.39 is 0 Å². The summed E-state index contributed by atoms with van der Waals surface area (Å²) in [7, 11) is 1.83. The molecular formula is C13H12BrN3O. The Morgan fingerprint density at radius 3 is 2.72 bits per heavy atom. The summed E-state index contributed by atoms with van der Waals surface area (Å²) in [5.41, 5.74) is 1.66. The maximum absolute atomic E-state index is 11.6. The minimum absolute atomic E-state index is 0.166. The monoisotopic (exact) mass is 305 g/mol. The molecule has 5 heteroatoms. The number of aryl methyl sites for hydroxylation is 1. The molecule has 1 N–H and O–H groups in total. The first-order valence-electron chi connectivity index (χ1n) is 5.37.